The van der Waals surface area contributed by atoms with E-state index in [1.807, 2.05) is 26.8 Å². The number of benzene rings is 1. The molecule has 7 heteroatoms. The Kier molecular flexibility index (Phi) is 6.40. The van der Waals surface area contributed by atoms with Gasteiger partial charge in [0.1, 0.15) is 5.69 Å². The number of nitrogens with zero attached hydrogens (tertiary/aromatic N) is 2. The van der Waals surface area contributed by atoms with Crippen molar-refractivity contribution >= 4 is 35.1 Å². The van der Waals surface area contributed by atoms with Crippen LogP contribution in [-0.2, 0) is 6.42 Å². The van der Waals surface area contributed by atoms with Crippen LogP contribution in [0, 0.1) is 6.92 Å². The maximum atomic E-state index is 12.1. The van der Waals surface area contributed by atoms with Crippen LogP contribution in [0.15, 0.2) is 24.3 Å². The molecule has 0 fully saturated rings. The van der Waals surface area contributed by atoms with Crippen molar-refractivity contribution in [2.45, 2.75) is 33.2 Å². The molecule has 24 heavy (non-hydrogen) atoms. The van der Waals surface area contributed by atoms with Gasteiger partial charge in [-0.25, -0.2) is 9.97 Å². The third-order valence-corrected chi connectivity index (χ3v) is 3.79. The minimum absolute atomic E-state index is 0.0521. The molecule has 5 nitrogen and oxygen atoms in total. The van der Waals surface area contributed by atoms with E-state index >= 15 is 0 Å². The first kappa shape index (κ1) is 18.5. The summed E-state index contributed by atoms with van der Waals surface area (Å²) in [6.07, 6.45) is 0.695. The van der Waals surface area contributed by atoms with E-state index in [2.05, 4.69) is 20.6 Å². The third-order valence-electron chi connectivity index (χ3n) is 3.20. The molecule has 0 spiro atoms. The molecule has 1 heterocycles. The molecular formula is C17H20Cl2N4O. The van der Waals surface area contributed by atoms with E-state index in [0.717, 1.165) is 11.3 Å². The molecule has 128 valence electrons. The predicted molar refractivity (Wildman–Crippen MR) is 98.0 cm³/mol. The molecule has 0 aliphatic heterocycles. The van der Waals surface area contributed by atoms with Crippen LogP contribution in [0.25, 0.3) is 0 Å². The van der Waals surface area contributed by atoms with Crippen LogP contribution in [-0.4, -0.2) is 28.5 Å². The fraction of sp³-hybridized carbons (Fsp3) is 0.353. The average molecular weight is 367 g/mol. The highest BCUT2D eigenvalue weighted by atomic mass is 35.5. The standard InChI is InChI=1S/C17H20Cl2N4O/c1-10(2)21-16(24)15-8-11(3)22-17(23-15)20-7-6-12-4-5-13(18)9-14(12)19/h4-5,8-10H,6-7H2,1-3H3,(H,21,24)(H,20,22,23). The van der Waals surface area contributed by atoms with E-state index in [4.69, 9.17) is 23.2 Å². The van der Waals surface area contributed by atoms with E-state index in [9.17, 15) is 4.79 Å². The fourth-order valence-electron chi connectivity index (χ4n) is 2.13. The van der Waals surface area contributed by atoms with E-state index in [-0.39, 0.29) is 11.9 Å². The molecule has 0 aliphatic rings. The van der Waals surface area contributed by atoms with Gasteiger partial charge in [0.2, 0.25) is 5.95 Å². The molecule has 2 rings (SSSR count). The third kappa shape index (κ3) is 5.35. The van der Waals surface area contributed by atoms with Crippen LogP contribution >= 0.6 is 23.2 Å². The molecule has 0 atom stereocenters. The molecule has 1 aromatic carbocycles. The van der Waals surface area contributed by atoms with Crippen molar-refractivity contribution in [2.75, 3.05) is 11.9 Å². The van der Waals surface area contributed by atoms with Gasteiger partial charge in [0, 0.05) is 28.3 Å². The summed E-state index contributed by atoms with van der Waals surface area (Å²) in [6.45, 7) is 6.23. The number of amides is 1. The number of nitrogens with one attached hydrogen (secondary N) is 2. The zero-order valence-corrected chi connectivity index (χ0v) is 15.4. The summed E-state index contributed by atoms with van der Waals surface area (Å²) in [5.74, 6) is 0.216. The summed E-state index contributed by atoms with van der Waals surface area (Å²) < 4.78 is 0. The maximum Gasteiger partial charge on any atom is 0.270 e. The van der Waals surface area contributed by atoms with E-state index < -0.39 is 0 Å². The highest BCUT2D eigenvalue weighted by Crippen LogP contribution is 2.21. The number of hydrogen-bond acceptors (Lipinski definition) is 4. The number of carbonyl (C=O) groups excluding carboxylic acids is 1. The average Bonchev–Trinajstić information content (AvgIpc) is 2.48. The summed E-state index contributed by atoms with van der Waals surface area (Å²) in [7, 11) is 0. The highest BCUT2D eigenvalue weighted by Gasteiger charge is 2.11. The van der Waals surface area contributed by atoms with Crippen molar-refractivity contribution in [2.24, 2.45) is 0 Å². The van der Waals surface area contributed by atoms with Crippen LogP contribution in [0.4, 0.5) is 5.95 Å². The second-order valence-electron chi connectivity index (χ2n) is 5.76. The Bertz CT molecular complexity index is 735. The van der Waals surface area contributed by atoms with Crippen molar-refractivity contribution in [3.05, 3.63) is 51.3 Å². The van der Waals surface area contributed by atoms with Crippen molar-refractivity contribution in [3.63, 3.8) is 0 Å². The lowest BCUT2D eigenvalue weighted by molar-refractivity contribution is 0.0938. The van der Waals surface area contributed by atoms with E-state index in [0.29, 0.717) is 34.7 Å². The Balaban J connectivity index is 2.02. The molecule has 0 aliphatic carbocycles. The van der Waals surface area contributed by atoms with Gasteiger partial charge >= 0.3 is 0 Å². The molecule has 1 aromatic heterocycles. The SMILES string of the molecule is Cc1cc(C(=O)NC(C)C)nc(NCCc2ccc(Cl)cc2Cl)n1. The topological polar surface area (TPSA) is 66.9 Å². The Hall–Kier alpha value is -1.85. The highest BCUT2D eigenvalue weighted by molar-refractivity contribution is 6.35. The minimum Gasteiger partial charge on any atom is -0.354 e. The molecular weight excluding hydrogens is 347 g/mol. The molecule has 0 saturated carbocycles. The number of carbonyl (C=O) groups is 1. The molecule has 2 N–H and O–H groups in total. The smallest absolute Gasteiger partial charge is 0.270 e. The Labute approximate surface area is 151 Å². The monoisotopic (exact) mass is 366 g/mol. The van der Waals surface area contributed by atoms with Crippen LogP contribution in [0.3, 0.4) is 0 Å². The number of hydrogen-bond donors (Lipinski definition) is 2. The predicted octanol–water partition coefficient (Wildman–Crippen LogP) is 3.88. The van der Waals surface area contributed by atoms with E-state index in [1.54, 1.807) is 18.2 Å². The van der Waals surface area contributed by atoms with Gasteiger partial charge in [-0.2, -0.15) is 0 Å². The van der Waals surface area contributed by atoms with Crippen LogP contribution in [0.2, 0.25) is 10.0 Å². The van der Waals surface area contributed by atoms with Crippen molar-refractivity contribution in [1.29, 1.82) is 0 Å². The Morgan fingerprint density at radius 2 is 1.96 bits per heavy atom. The number of aromatic nitrogens is 2. The van der Waals surface area contributed by atoms with Crippen molar-refractivity contribution < 1.29 is 4.79 Å². The van der Waals surface area contributed by atoms with Gasteiger partial charge < -0.3 is 10.6 Å². The fourth-order valence-corrected chi connectivity index (χ4v) is 2.64. The van der Waals surface area contributed by atoms with Crippen LogP contribution < -0.4 is 10.6 Å². The van der Waals surface area contributed by atoms with Gasteiger partial charge in [0.15, 0.2) is 0 Å². The summed E-state index contributed by atoms with van der Waals surface area (Å²) in [5.41, 5.74) is 2.06. The van der Waals surface area contributed by atoms with Gasteiger partial charge in [-0.3, -0.25) is 4.79 Å². The van der Waals surface area contributed by atoms with E-state index in [1.165, 1.54) is 0 Å². The quantitative estimate of drug-likeness (QED) is 0.813. The zero-order valence-electron chi connectivity index (χ0n) is 13.9. The van der Waals surface area contributed by atoms with Gasteiger partial charge in [-0.15, -0.1) is 0 Å². The molecule has 0 bridgehead atoms. The molecule has 0 radical (unpaired) electrons. The molecule has 2 aromatic rings. The minimum atomic E-state index is -0.209. The lowest BCUT2D eigenvalue weighted by Gasteiger charge is -2.11. The first-order chi connectivity index (χ1) is 11.3. The van der Waals surface area contributed by atoms with Crippen molar-refractivity contribution in [1.82, 2.24) is 15.3 Å². The Morgan fingerprint density at radius 3 is 2.62 bits per heavy atom. The van der Waals surface area contributed by atoms with Gasteiger partial charge in [-0.05, 0) is 51.0 Å². The first-order valence-electron chi connectivity index (χ1n) is 7.69. The molecule has 0 saturated heterocycles. The number of rotatable bonds is 6. The largest absolute Gasteiger partial charge is 0.354 e. The zero-order chi connectivity index (χ0) is 17.7. The van der Waals surface area contributed by atoms with Gasteiger partial charge in [0.25, 0.3) is 5.91 Å². The Morgan fingerprint density at radius 1 is 1.21 bits per heavy atom. The van der Waals surface area contributed by atoms with Crippen molar-refractivity contribution in [3.8, 4) is 0 Å². The summed E-state index contributed by atoms with van der Waals surface area (Å²) in [4.78, 5) is 20.6. The lowest BCUT2D eigenvalue weighted by atomic mass is 10.1. The number of halogens is 2. The van der Waals surface area contributed by atoms with Gasteiger partial charge in [0.05, 0.1) is 0 Å². The lowest BCUT2D eigenvalue weighted by Crippen LogP contribution is -2.31. The second-order valence-corrected chi connectivity index (χ2v) is 6.60. The number of anilines is 1. The summed E-state index contributed by atoms with van der Waals surface area (Å²) in [6, 6.07) is 7.14. The second kappa shape index (κ2) is 8.31. The maximum absolute atomic E-state index is 12.1. The summed E-state index contributed by atoms with van der Waals surface area (Å²) >= 11 is 12.0. The van der Waals surface area contributed by atoms with Crippen LogP contribution in [0.5, 0.6) is 0 Å². The van der Waals surface area contributed by atoms with Gasteiger partial charge in [-0.1, -0.05) is 29.3 Å². The summed E-state index contributed by atoms with van der Waals surface area (Å²) in [5, 5.41) is 7.19. The number of aryl methyl sites for hydroxylation is 1. The normalized spacial score (nSPS) is 10.8. The van der Waals surface area contributed by atoms with Crippen LogP contribution in [0.1, 0.15) is 35.6 Å². The molecule has 0 unspecified atom stereocenters. The first-order valence-corrected chi connectivity index (χ1v) is 8.45. The molecule has 1 amide bonds.